The predicted molar refractivity (Wildman–Crippen MR) is 77.2 cm³/mol. The molecule has 0 aromatic heterocycles. The molecule has 19 heavy (non-hydrogen) atoms. The van der Waals surface area contributed by atoms with Gasteiger partial charge in [0.25, 0.3) is 0 Å². The van der Waals surface area contributed by atoms with Gasteiger partial charge in [-0.25, -0.2) is 13.1 Å². The number of benzene rings is 1. The molecule has 1 atom stereocenters. The highest BCUT2D eigenvalue weighted by molar-refractivity contribution is 7.89. The molecule has 0 radical (unpaired) electrons. The first kappa shape index (κ1) is 16.0. The molecule has 0 spiro atoms. The summed E-state index contributed by atoms with van der Waals surface area (Å²) in [6.45, 7) is 7.49. The van der Waals surface area contributed by atoms with E-state index in [1.54, 1.807) is 33.1 Å². The molecule has 0 aliphatic heterocycles. The highest BCUT2D eigenvalue weighted by atomic mass is 32.2. The highest BCUT2D eigenvalue weighted by Crippen LogP contribution is 2.25. The molecular formula is C14H23NO3S. The summed E-state index contributed by atoms with van der Waals surface area (Å²) >= 11 is 0. The van der Waals surface area contributed by atoms with Crippen LogP contribution in [0.2, 0.25) is 0 Å². The smallest absolute Gasteiger partial charge is 0.241 e. The van der Waals surface area contributed by atoms with Crippen LogP contribution in [0.5, 0.6) is 5.75 Å². The number of sulfonamides is 1. The van der Waals surface area contributed by atoms with Gasteiger partial charge in [-0.15, -0.1) is 0 Å². The van der Waals surface area contributed by atoms with Crippen LogP contribution in [-0.2, 0) is 10.0 Å². The van der Waals surface area contributed by atoms with Crippen LogP contribution < -0.4 is 9.46 Å². The van der Waals surface area contributed by atoms with Gasteiger partial charge in [-0.2, -0.15) is 0 Å². The summed E-state index contributed by atoms with van der Waals surface area (Å²) in [6.07, 6.45) is 1.78. The molecule has 0 aliphatic rings. The fourth-order valence-corrected chi connectivity index (χ4v) is 4.00. The second-order valence-electron chi connectivity index (χ2n) is 4.90. The Balaban J connectivity index is 3.15. The standard InChI is InChI=1S/C14H23NO3S/c1-6-7-12(4)15-19(16,17)14-10(2)8-13(18-5)9-11(14)3/h8-9,12,15H,6-7H2,1-5H3/t12-/m0/s1. The average Bonchev–Trinajstić information content (AvgIpc) is 2.26. The quantitative estimate of drug-likeness (QED) is 0.874. The number of methoxy groups -OCH3 is 1. The molecule has 0 fully saturated rings. The Bertz CT molecular complexity index is 515. The zero-order chi connectivity index (χ0) is 14.6. The predicted octanol–water partition coefficient (Wildman–Crippen LogP) is 2.78. The minimum Gasteiger partial charge on any atom is -0.497 e. The summed E-state index contributed by atoms with van der Waals surface area (Å²) in [7, 11) is -1.90. The summed E-state index contributed by atoms with van der Waals surface area (Å²) in [5.74, 6) is 0.676. The Labute approximate surface area is 116 Å². The molecule has 0 bridgehead atoms. The van der Waals surface area contributed by atoms with E-state index in [4.69, 9.17) is 4.74 Å². The van der Waals surface area contributed by atoms with Gasteiger partial charge in [0.2, 0.25) is 10.0 Å². The van der Waals surface area contributed by atoms with Crippen LogP contribution in [0.3, 0.4) is 0 Å². The minimum absolute atomic E-state index is 0.0594. The van der Waals surface area contributed by atoms with Crippen molar-refractivity contribution in [2.75, 3.05) is 7.11 Å². The number of rotatable bonds is 6. The molecule has 0 unspecified atom stereocenters. The van der Waals surface area contributed by atoms with Gasteiger partial charge >= 0.3 is 0 Å². The number of ether oxygens (including phenoxy) is 1. The van der Waals surface area contributed by atoms with Gasteiger partial charge in [-0.3, -0.25) is 0 Å². The Morgan fingerprint density at radius 1 is 1.26 bits per heavy atom. The lowest BCUT2D eigenvalue weighted by molar-refractivity contribution is 0.413. The molecule has 1 aromatic carbocycles. The average molecular weight is 285 g/mol. The van der Waals surface area contributed by atoms with Crippen molar-refractivity contribution >= 4 is 10.0 Å². The van der Waals surface area contributed by atoms with Crippen LogP contribution in [0, 0.1) is 13.8 Å². The second-order valence-corrected chi connectivity index (χ2v) is 6.55. The normalized spacial score (nSPS) is 13.3. The van der Waals surface area contributed by atoms with Crippen LogP contribution in [0.1, 0.15) is 37.8 Å². The molecule has 0 aliphatic carbocycles. The molecule has 0 amide bonds. The van der Waals surface area contributed by atoms with E-state index in [-0.39, 0.29) is 6.04 Å². The van der Waals surface area contributed by atoms with Gasteiger partial charge in [0.05, 0.1) is 12.0 Å². The first-order chi connectivity index (χ1) is 8.81. The van der Waals surface area contributed by atoms with Crippen LogP contribution in [0.4, 0.5) is 0 Å². The van der Waals surface area contributed by atoms with Crippen molar-refractivity contribution in [3.8, 4) is 5.75 Å². The lowest BCUT2D eigenvalue weighted by Gasteiger charge is -2.17. The first-order valence-electron chi connectivity index (χ1n) is 6.49. The van der Waals surface area contributed by atoms with E-state index in [1.807, 2.05) is 13.8 Å². The van der Waals surface area contributed by atoms with E-state index in [0.29, 0.717) is 21.8 Å². The minimum atomic E-state index is -3.47. The van der Waals surface area contributed by atoms with Gasteiger partial charge in [0, 0.05) is 6.04 Å². The molecule has 0 saturated heterocycles. The first-order valence-corrected chi connectivity index (χ1v) is 7.97. The van der Waals surface area contributed by atoms with Gasteiger partial charge in [-0.05, 0) is 50.5 Å². The summed E-state index contributed by atoms with van der Waals surface area (Å²) in [6, 6.07) is 3.42. The Hall–Kier alpha value is -1.07. The van der Waals surface area contributed by atoms with Gasteiger partial charge < -0.3 is 4.74 Å². The van der Waals surface area contributed by atoms with Crippen molar-refractivity contribution in [1.29, 1.82) is 0 Å². The number of hydrogen-bond acceptors (Lipinski definition) is 3. The van der Waals surface area contributed by atoms with E-state index in [1.165, 1.54) is 0 Å². The van der Waals surface area contributed by atoms with E-state index in [2.05, 4.69) is 4.72 Å². The van der Waals surface area contributed by atoms with Crippen LogP contribution in [0.15, 0.2) is 17.0 Å². The molecule has 1 aromatic rings. The summed E-state index contributed by atoms with van der Waals surface area (Å²) in [5.41, 5.74) is 1.40. The second kappa shape index (κ2) is 6.39. The van der Waals surface area contributed by atoms with Crippen LogP contribution >= 0.6 is 0 Å². The topological polar surface area (TPSA) is 55.4 Å². The van der Waals surface area contributed by atoms with Crippen LogP contribution in [0.25, 0.3) is 0 Å². The molecule has 108 valence electrons. The molecule has 1 rings (SSSR count). The SMILES string of the molecule is CCC[C@H](C)NS(=O)(=O)c1c(C)cc(OC)cc1C. The molecular weight excluding hydrogens is 262 g/mol. The van der Waals surface area contributed by atoms with Crippen molar-refractivity contribution in [1.82, 2.24) is 4.72 Å². The highest BCUT2D eigenvalue weighted by Gasteiger charge is 2.22. The molecule has 0 saturated carbocycles. The molecule has 0 heterocycles. The van der Waals surface area contributed by atoms with Crippen LogP contribution in [-0.4, -0.2) is 21.6 Å². The Kier molecular flexibility index (Phi) is 5.38. The lowest BCUT2D eigenvalue weighted by Crippen LogP contribution is -2.33. The third-order valence-electron chi connectivity index (χ3n) is 3.02. The van der Waals surface area contributed by atoms with Crippen molar-refractivity contribution < 1.29 is 13.2 Å². The fraction of sp³-hybridized carbons (Fsp3) is 0.571. The van der Waals surface area contributed by atoms with E-state index in [0.717, 1.165) is 12.8 Å². The summed E-state index contributed by atoms with van der Waals surface area (Å²) in [4.78, 5) is 0.358. The lowest BCUT2D eigenvalue weighted by atomic mass is 10.1. The number of aryl methyl sites for hydroxylation is 2. The zero-order valence-electron chi connectivity index (χ0n) is 12.3. The molecule has 4 nitrogen and oxygen atoms in total. The maximum Gasteiger partial charge on any atom is 0.241 e. The summed E-state index contributed by atoms with van der Waals surface area (Å²) in [5, 5.41) is 0. The van der Waals surface area contributed by atoms with Crippen molar-refractivity contribution in [2.45, 2.75) is 51.5 Å². The Morgan fingerprint density at radius 3 is 2.21 bits per heavy atom. The van der Waals surface area contributed by atoms with E-state index >= 15 is 0 Å². The largest absolute Gasteiger partial charge is 0.497 e. The van der Waals surface area contributed by atoms with Gasteiger partial charge in [0.15, 0.2) is 0 Å². The fourth-order valence-electron chi connectivity index (χ4n) is 2.27. The Morgan fingerprint density at radius 2 is 1.79 bits per heavy atom. The number of hydrogen-bond donors (Lipinski definition) is 1. The number of nitrogens with one attached hydrogen (secondary N) is 1. The maximum atomic E-state index is 12.4. The summed E-state index contributed by atoms with van der Waals surface area (Å²) < 4.78 is 32.7. The third kappa shape index (κ3) is 3.94. The maximum absolute atomic E-state index is 12.4. The molecule has 5 heteroatoms. The molecule has 1 N–H and O–H groups in total. The van der Waals surface area contributed by atoms with E-state index in [9.17, 15) is 8.42 Å². The van der Waals surface area contributed by atoms with Crippen molar-refractivity contribution in [2.24, 2.45) is 0 Å². The zero-order valence-corrected chi connectivity index (χ0v) is 13.1. The van der Waals surface area contributed by atoms with E-state index < -0.39 is 10.0 Å². The van der Waals surface area contributed by atoms with Gasteiger partial charge in [-0.1, -0.05) is 13.3 Å². The van der Waals surface area contributed by atoms with Crippen molar-refractivity contribution in [3.05, 3.63) is 23.3 Å². The third-order valence-corrected chi connectivity index (χ3v) is 4.91. The van der Waals surface area contributed by atoms with Gasteiger partial charge in [0.1, 0.15) is 5.75 Å². The monoisotopic (exact) mass is 285 g/mol. The van der Waals surface area contributed by atoms with Crippen molar-refractivity contribution in [3.63, 3.8) is 0 Å².